The summed E-state index contributed by atoms with van der Waals surface area (Å²) in [5.41, 5.74) is 7.78. The number of anilines is 2. The van der Waals surface area contributed by atoms with E-state index in [1.807, 2.05) is 18.2 Å². The van der Waals surface area contributed by atoms with E-state index in [9.17, 15) is 10.1 Å². The maximum Gasteiger partial charge on any atom is 0.494 e. The van der Waals surface area contributed by atoms with Crippen molar-refractivity contribution in [3.05, 3.63) is 35.5 Å². The Bertz CT molecular complexity index is 1340. The van der Waals surface area contributed by atoms with E-state index in [1.54, 1.807) is 10.9 Å². The summed E-state index contributed by atoms with van der Waals surface area (Å²) < 4.78 is 26.7. The number of rotatable bonds is 8. The second kappa shape index (κ2) is 11.8. The number of carbonyl (C=O) groups is 1. The molecule has 3 heterocycles. The molecular weight excluding hydrogens is 549 g/mol. The quantitative estimate of drug-likeness (QED) is 0.414. The zero-order valence-corrected chi connectivity index (χ0v) is 27.5. The van der Waals surface area contributed by atoms with Gasteiger partial charge < -0.3 is 29.5 Å². The maximum absolute atomic E-state index is 12.4. The molecule has 12 heteroatoms. The first-order valence-corrected chi connectivity index (χ1v) is 17.6. The van der Waals surface area contributed by atoms with E-state index in [0.29, 0.717) is 44.4 Å². The van der Waals surface area contributed by atoms with Gasteiger partial charge in [0.15, 0.2) is 14.1 Å². The van der Waals surface area contributed by atoms with Gasteiger partial charge in [-0.3, -0.25) is 9.48 Å². The molecule has 228 valence electrons. The highest BCUT2D eigenvalue weighted by Crippen LogP contribution is 2.42. The normalized spacial score (nSPS) is 21.6. The fourth-order valence-electron chi connectivity index (χ4n) is 5.21. The Hall–Kier alpha value is -2.69. The highest BCUT2D eigenvalue weighted by atomic mass is 28.4. The number of nitrogens with one attached hydrogen (secondary N) is 1. The number of primary amides is 1. The maximum atomic E-state index is 12.4. The van der Waals surface area contributed by atoms with Gasteiger partial charge in [-0.05, 0) is 61.6 Å². The third-order valence-electron chi connectivity index (χ3n) is 8.61. The van der Waals surface area contributed by atoms with Crippen LogP contribution in [0.15, 0.2) is 24.4 Å². The van der Waals surface area contributed by atoms with Crippen LogP contribution in [-0.2, 0) is 24.1 Å². The van der Waals surface area contributed by atoms with Gasteiger partial charge in [0.2, 0.25) is 0 Å². The lowest BCUT2D eigenvalue weighted by molar-refractivity contribution is 0.0334. The van der Waals surface area contributed by atoms with Crippen LogP contribution in [0.3, 0.4) is 0 Å². The van der Waals surface area contributed by atoms with Crippen molar-refractivity contribution in [2.24, 2.45) is 17.1 Å². The molecule has 4 rings (SSSR count). The van der Waals surface area contributed by atoms with Crippen molar-refractivity contribution in [3.63, 3.8) is 0 Å². The van der Waals surface area contributed by atoms with Crippen LogP contribution in [0.1, 0.15) is 76.9 Å². The number of nitrogens with zero attached hydrogens (tertiary/aromatic N) is 3. The average Bonchev–Trinajstić information content (AvgIpc) is 3.31. The molecule has 1 aromatic heterocycles. The smallest absolute Gasteiger partial charge is 0.408 e. The van der Waals surface area contributed by atoms with Gasteiger partial charge in [0, 0.05) is 37.1 Å². The highest BCUT2D eigenvalue weighted by molar-refractivity contribution is 6.74. The van der Waals surface area contributed by atoms with Gasteiger partial charge in [0.25, 0.3) is 5.91 Å². The van der Waals surface area contributed by atoms with Crippen molar-refractivity contribution in [2.75, 3.05) is 31.7 Å². The average molecular weight is 596 g/mol. The molecule has 2 fully saturated rings. The second-order valence-electron chi connectivity index (χ2n) is 14.3. The number of hydrogen-bond donors (Lipinski definition) is 2. The standard InChI is InChI=1S/C30H46BN5O5Si/c1-28(2,3)42(8,9)41-30(6,7)23-11-10-21(14-24(23)31-39-18-29(4,5)19-40-31)34-27-22(26(33)37)16-36(35-27)25-17-38-13-12-20(25)15-32/h10-11,14,16,20,25H,12-13,17-19H2,1-9H3,(H2,33,37)(H,34,35). The molecule has 2 aliphatic rings. The third-order valence-corrected chi connectivity index (χ3v) is 13.2. The first-order chi connectivity index (χ1) is 19.4. The molecule has 0 saturated carbocycles. The molecule has 2 unspecified atom stereocenters. The first kappa shape index (κ1) is 32.2. The summed E-state index contributed by atoms with van der Waals surface area (Å²) in [4.78, 5) is 12.4. The first-order valence-electron chi connectivity index (χ1n) is 14.7. The summed E-state index contributed by atoms with van der Waals surface area (Å²) in [6.07, 6.45) is 2.20. The topological polar surface area (TPSA) is 134 Å². The van der Waals surface area contributed by atoms with E-state index in [1.165, 1.54) is 0 Å². The predicted molar refractivity (Wildman–Crippen MR) is 166 cm³/mol. The van der Waals surface area contributed by atoms with Gasteiger partial charge in [-0.25, -0.2) is 0 Å². The fraction of sp³-hybridized carbons (Fsp3) is 0.633. The Kier molecular flexibility index (Phi) is 9.03. The zero-order chi connectivity index (χ0) is 31.1. The van der Waals surface area contributed by atoms with Crippen LogP contribution < -0.4 is 16.5 Å². The molecule has 2 aromatic rings. The number of carbonyl (C=O) groups excluding carboxylic acids is 1. The Morgan fingerprint density at radius 2 is 1.90 bits per heavy atom. The number of nitrogens with two attached hydrogens (primary N) is 1. The number of aromatic nitrogens is 2. The van der Waals surface area contributed by atoms with Crippen LogP contribution in [0, 0.1) is 22.7 Å². The minimum atomic E-state index is -2.13. The summed E-state index contributed by atoms with van der Waals surface area (Å²) in [5.74, 6) is -0.575. The molecule has 42 heavy (non-hydrogen) atoms. The SMILES string of the molecule is CC1(C)COB(c2cc(Nc3nn(C4COCCC4C#N)cc3C(N)=O)ccc2C(C)(C)O[Si](C)(C)C(C)(C)C)OC1. The molecule has 1 amide bonds. The molecule has 0 spiro atoms. The second-order valence-corrected chi connectivity index (χ2v) is 19.0. The molecule has 0 aliphatic carbocycles. The van der Waals surface area contributed by atoms with Gasteiger partial charge in [0.05, 0.1) is 30.2 Å². The van der Waals surface area contributed by atoms with E-state index in [4.69, 9.17) is 24.2 Å². The molecule has 0 bridgehead atoms. The highest BCUT2D eigenvalue weighted by Gasteiger charge is 2.44. The lowest BCUT2D eigenvalue weighted by atomic mass is 9.70. The summed E-state index contributed by atoms with van der Waals surface area (Å²) in [7, 11) is -2.71. The molecule has 1 aromatic carbocycles. The molecule has 2 atom stereocenters. The number of nitriles is 1. The lowest BCUT2D eigenvalue weighted by Crippen LogP contribution is -2.52. The number of ether oxygens (including phenoxy) is 1. The van der Waals surface area contributed by atoms with Crippen molar-refractivity contribution in [3.8, 4) is 6.07 Å². The third kappa shape index (κ3) is 6.92. The Morgan fingerprint density at radius 3 is 2.50 bits per heavy atom. The van der Waals surface area contributed by atoms with E-state index < -0.39 is 26.9 Å². The van der Waals surface area contributed by atoms with Crippen LogP contribution in [0.25, 0.3) is 0 Å². The minimum Gasteiger partial charge on any atom is -0.408 e. The zero-order valence-electron chi connectivity index (χ0n) is 26.5. The summed E-state index contributed by atoms with van der Waals surface area (Å²) in [6.45, 7) is 21.6. The van der Waals surface area contributed by atoms with Gasteiger partial charge >= 0.3 is 7.12 Å². The molecule has 2 saturated heterocycles. The molecule has 2 aliphatic heterocycles. The van der Waals surface area contributed by atoms with Crippen molar-refractivity contribution >= 4 is 38.3 Å². The van der Waals surface area contributed by atoms with Gasteiger partial charge in [-0.1, -0.05) is 40.7 Å². The van der Waals surface area contributed by atoms with Gasteiger partial charge in [-0.15, -0.1) is 0 Å². The van der Waals surface area contributed by atoms with Gasteiger partial charge in [-0.2, -0.15) is 10.4 Å². The number of hydrogen-bond acceptors (Lipinski definition) is 8. The van der Waals surface area contributed by atoms with Crippen LogP contribution in [0.5, 0.6) is 0 Å². The lowest BCUT2D eigenvalue weighted by Gasteiger charge is -2.44. The fourth-order valence-corrected chi connectivity index (χ4v) is 6.90. The van der Waals surface area contributed by atoms with E-state index in [-0.39, 0.29) is 28.0 Å². The van der Waals surface area contributed by atoms with Crippen LogP contribution in [0.2, 0.25) is 18.1 Å². The van der Waals surface area contributed by atoms with E-state index >= 15 is 0 Å². The molecule has 0 radical (unpaired) electrons. The van der Waals surface area contributed by atoms with Crippen LogP contribution >= 0.6 is 0 Å². The van der Waals surface area contributed by atoms with Crippen molar-refractivity contribution in [2.45, 2.75) is 84.7 Å². The monoisotopic (exact) mass is 595 g/mol. The number of benzene rings is 1. The van der Waals surface area contributed by atoms with Crippen molar-refractivity contribution in [1.29, 1.82) is 5.26 Å². The van der Waals surface area contributed by atoms with Crippen LogP contribution in [-0.4, -0.2) is 57.6 Å². The Morgan fingerprint density at radius 1 is 1.24 bits per heavy atom. The summed E-state index contributed by atoms with van der Waals surface area (Å²) >= 11 is 0. The van der Waals surface area contributed by atoms with E-state index in [0.717, 1.165) is 11.0 Å². The van der Waals surface area contributed by atoms with E-state index in [2.05, 4.69) is 78.0 Å². The van der Waals surface area contributed by atoms with Crippen molar-refractivity contribution < 1.29 is 23.3 Å². The largest absolute Gasteiger partial charge is 0.494 e. The Balaban J connectivity index is 1.72. The van der Waals surface area contributed by atoms with Crippen LogP contribution in [0.4, 0.5) is 11.5 Å². The minimum absolute atomic E-state index is 0.0334. The number of amides is 1. The molecule has 10 nitrogen and oxygen atoms in total. The molecular formula is C30H46BN5O5Si. The molecule has 3 N–H and O–H groups in total. The summed E-state index contributed by atoms with van der Waals surface area (Å²) in [5, 5.41) is 17.6. The predicted octanol–water partition coefficient (Wildman–Crippen LogP) is 4.85. The van der Waals surface area contributed by atoms with Gasteiger partial charge in [0.1, 0.15) is 5.56 Å². The Labute approximate surface area is 251 Å². The van der Waals surface area contributed by atoms with Crippen molar-refractivity contribution in [1.82, 2.24) is 9.78 Å². The summed E-state index contributed by atoms with van der Waals surface area (Å²) in [6, 6.07) is 7.97.